The lowest BCUT2D eigenvalue weighted by Gasteiger charge is -2.29. The molecule has 2 rings (SSSR count). The Morgan fingerprint density at radius 1 is 0.861 bits per heavy atom. The van der Waals surface area contributed by atoms with Gasteiger partial charge in [0, 0.05) is 11.1 Å². The predicted molar refractivity (Wildman–Crippen MR) is 141 cm³/mol. The summed E-state index contributed by atoms with van der Waals surface area (Å²) in [6.45, 7) is 17.6. The average molecular weight is 500 g/mol. The maximum absolute atomic E-state index is 13.0. The minimum atomic E-state index is -0.892. The fourth-order valence-corrected chi connectivity index (χ4v) is 3.93. The van der Waals surface area contributed by atoms with Gasteiger partial charge in [-0.05, 0) is 85.6 Å². The lowest BCUT2D eigenvalue weighted by Crippen LogP contribution is -2.43. The molecule has 1 amide bonds. The van der Waals surface area contributed by atoms with Crippen LogP contribution < -0.4 is 14.8 Å². The van der Waals surface area contributed by atoms with Gasteiger partial charge >= 0.3 is 12.1 Å². The van der Waals surface area contributed by atoms with Crippen LogP contribution in [-0.4, -0.2) is 43.0 Å². The first-order valence-corrected chi connectivity index (χ1v) is 12.5. The van der Waals surface area contributed by atoms with Gasteiger partial charge in [-0.1, -0.05) is 24.3 Å². The highest BCUT2D eigenvalue weighted by Crippen LogP contribution is 2.40. The first kappa shape index (κ1) is 29.0. The highest BCUT2D eigenvalue weighted by Gasteiger charge is 2.32. The second-order valence-corrected chi connectivity index (χ2v) is 9.94. The van der Waals surface area contributed by atoms with Gasteiger partial charge in [-0.3, -0.25) is 0 Å². The first-order valence-electron chi connectivity index (χ1n) is 12.5. The van der Waals surface area contributed by atoms with Crippen molar-refractivity contribution < 1.29 is 28.5 Å². The largest absolute Gasteiger partial charge is 0.494 e. The number of aryl methyl sites for hydroxylation is 2. The molecule has 0 bridgehead atoms. The maximum Gasteiger partial charge on any atom is 0.408 e. The molecule has 0 aliphatic heterocycles. The first-order chi connectivity index (χ1) is 16.9. The maximum atomic E-state index is 13.0. The molecule has 0 spiro atoms. The summed E-state index contributed by atoms with van der Waals surface area (Å²) in [4.78, 5) is 25.2. The van der Waals surface area contributed by atoms with E-state index in [9.17, 15) is 9.59 Å². The van der Waals surface area contributed by atoms with Gasteiger partial charge in [-0.15, -0.1) is 0 Å². The van der Waals surface area contributed by atoms with Crippen LogP contribution in [0.5, 0.6) is 11.5 Å². The lowest BCUT2D eigenvalue weighted by molar-refractivity contribution is -0.151. The Bertz CT molecular complexity index is 987. The van der Waals surface area contributed by atoms with Crippen molar-refractivity contribution in [3.8, 4) is 11.5 Å². The summed E-state index contributed by atoms with van der Waals surface area (Å²) in [5, 5.41) is 2.55. The molecule has 1 N–H and O–H groups in total. The number of ether oxygens (including phenoxy) is 4. The van der Waals surface area contributed by atoms with E-state index >= 15 is 0 Å². The van der Waals surface area contributed by atoms with E-state index in [4.69, 9.17) is 18.9 Å². The van der Waals surface area contributed by atoms with E-state index < -0.39 is 29.8 Å². The van der Waals surface area contributed by atoms with Crippen LogP contribution >= 0.6 is 0 Å². The van der Waals surface area contributed by atoms with E-state index in [-0.39, 0.29) is 5.92 Å². The Morgan fingerprint density at radius 2 is 1.33 bits per heavy atom. The quantitative estimate of drug-likeness (QED) is 0.399. The van der Waals surface area contributed by atoms with E-state index in [1.54, 1.807) is 27.7 Å². The Morgan fingerprint density at radius 3 is 1.75 bits per heavy atom. The van der Waals surface area contributed by atoms with Crippen LogP contribution in [0.15, 0.2) is 36.4 Å². The molecule has 0 unspecified atom stereocenters. The monoisotopic (exact) mass is 499 g/mol. The summed E-state index contributed by atoms with van der Waals surface area (Å²) in [6.07, 6.45) is -1.27. The van der Waals surface area contributed by atoms with Crippen LogP contribution in [-0.2, 0) is 14.3 Å². The molecule has 0 saturated carbocycles. The van der Waals surface area contributed by atoms with E-state index in [0.29, 0.717) is 13.2 Å². The van der Waals surface area contributed by atoms with Gasteiger partial charge < -0.3 is 24.3 Å². The van der Waals surface area contributed by atoms with Crippen LogP contribution in [0.3, 0.4) is 0 Å². The highest BCUT2D eigenvalue weighted by atomic mass is 16.6. The normalized spacial score (nSPS) is 13.1. The summed E-state index contributed by atoms with van der Waals surface area (Å²) in [6, 6.07) is 11.1. The Balaban J connectivity index is 2.44. The van der Waals surface area contributed by atoms with E-state index in [1.165, 1.54) is 0 Å². The van der Waals surface area contributed by atoms with Crippen molar-refractivity contribution in [3.63, 3.8) is 0 Å². The molecule has 198 valence electrons. The van der Waals surface area contributed by atoms with E-state index in [0.717, 1.165) is 33.8 Å². The number of alkyl carbamates (subject to hydrolysis) is 1. The second-order valence-electron chi connectivity index (χ2n) is 9.94. The zero-order chi connectivity index (χ0) is 27.0. The van der Waals surface area contributed by atoms with Crippen LogP contribution in [0, 0.1) is 13.8 Å². The topological polar surface area (TPSA) is 83.1 Å². The number of hydrogen-bond acceptors (Lipinski definition) is 6. The van der Waals surface area contributed by atoms with Gasteiger partial charge in [0.2, 0.25) is 0 Å². The van der Waals surface area contributed by atoms with Crippen molar-refractivity contribution in [2.75, 3.05) is 13.2 Å². The highest BCUT2D eigenvalue weighted by molar-refractivity contribution is 5.81. The molecule has 0 saturated heterocycles. The minimum absolute atomic E-state index is 0.369. The zero-order valence-electron chi connectivity index (χ0n) is 23.1. The molecule has 36 heavy (non-hydrogen) atoms. The van der Waals surface area contributed by atoms with Gasteiger partial charge in [0.15, 0.2) is 0 Å². The number of carbonyl (C=O) groups excluding carboxylic acids is 2. The van der Waals surface area contributed by atoms with Crippen LogP contribution in [0.1, 0.15) is 76.6 Å². The second kappa shape index (κ2) is 12.7. The van der Waals surface area contributed by atoms with Gasteiger partial charge in [-0.25, -0.2) is 9.59 Å². The van der Waals surface area contributed by atoms with Crippen molar-refractivity contribution in [1.82, 2.24) is 5.32 Å². The molecule has 0 aliphatic carbocycles. The molecule has 0 radical (unpaired) electrons. The lowest BCUT2D eigenvalue weighted by atomic mass is 9.85. The fraction of sp³-hybridized carbons (Fsp3) is 0.517. The van der Waals surface area contributed by atoms with Crippen molar-refractivity contribution in [2.45, 2.75) is 86.0 Å². The van der Waals surface area contributed by atoms with E-state index in [2.05, 4.69) is 5.32 Å². The molecule has 2 aromatic rings. The number of benzene rings is 2. The summed E-state index contributed by atoms with van der Waals surface area (Å²) >= 11 is 0. The molecule has 2 aromatic carbocycles. The van der Waals surface area contributed by atoms with Crippen LogP contribution in [0.2, 0.25) is 0 Å². The summed E-state index contributed by atoms with van der Waals surface area (Å²) in [7, 11) is 0. The molecule has 0 heterocycles. The van der Waals surface area contributed by atoms with Crippen molar-refractivity contribution in [3.05, 3.63) is 58.7 Å². The fourth-order valence-electron chi connectivity index (χ4n) is 3.93. The molecular formula is C29H41NO6. The minimum Gasteiger partial charge on any atom is -0.494 e. The number of hydrogen-bond donors (Lipinski definition) is 1. The third-order valence-corrected chi connectivity index (χ3v) is 5.47. The average Bonchev–Trinajstić information content (AvgIpc) is 2.75. The van der Waals surface area contributed by atoms with Crippen molar-refractivity contribution in [1.29, 1.82) is 0 Å². The van der Waals surface area contributed by atoms with Gasteiger partial charge in [0.05, 0.1) is 19.1 Å². The molecular weight excluding hydrogens is 458 g/mol. The SMILES string of the molecule is CCOc1cc(C)ccc1C(c1ccc(C)cc1OCC)[C@H](C)OC(=O)[C@H](C)NC(=O)OC(C)(C)C. The van der Waals surface area contributed by atoms with Crippen LogP contribution in [0.4, 0.5) is 4.79 Å². The van der Waals surface area contributed by atoms with Crippen molar-refractivity contribution >= 4 is 12.1 Å². The standard InChI is InChI=1S/C29H41NO6/c1-10-33-24-16-18(3)12-14-22(24)26(23-15-13-19(4)17-25(23)34-11-2)21(6)35-27(31)20(5)30-28(32)36-29(7,8)9/h12-17,20-21,26H,10-11H2,1-9H3,(H,30,32)/t20-,21-/m0/s1. The third kappa shape index (κ3) is 8.18. The number of esters is 1. The zero-order valence-corrected chi connectivity index (χ0v) is 23.1. The number of carbonyl (C=O) groups is 2. The number of amides is 1. The predicted octanol–water partition coefficient (Wildman–Crippen LogP) is 6.08. The van der Waals surface area contributed by atoms with Gasteiger partial charge in [-0.2, -0.15) is 0 Å². The Labute approximate surface area is 215 Å². The number of rotatable bonds is 10. The Hall–Kier alpha value is -3.22. The summed E-state index contributed by atoms with van der Waals surface area (Å²) in [5.74, 6) is 0.530. The molecule has 7 nitrogen and oxygen atoms in total. The van der Waals surface area contributed by atoms with Crippen molar-refractivity contribution in [2.24, 2.45) is 0 Å². The number of nitrogens with one attached hydrogen (secondary N) is 1. The summed E-state index contributed by atoms with van der Waals surface area (Å²) < 4.78 is 23.2. The molecule has 0 aliphatic rings. The third-order valence-electron chi connectivity index (χ3n) is 5.47. The van der Waals surface area contributed by atoms with Gasteiger partial charge in [0.25, 0.3) is 0 Å². The van der Waals surface area contributed by atoms with Crippen LogP contribution in [0.25, 0.3) is 0 Å². The van der Waals surface area contributed by atoms with Gasteiger partial charge in [0.1, 0.15) is 29.2 Å². The molecule has 2 atom stereocenters. The molecule has 0 fully saturated rings. The van der Waals surface area contributed by atoms with E-state index in [1.807, 2.05) is 71.0 Å². The summed E-state index contributed by atoms with van der Waals surface area (Å²) in [5.41, 5.74) is 3.24. The molecule has 7 heteroatoms. The Kier molecular flexibility index (Phi) is 10.2. The smallest absolute Gasteiger partial charge is 0.408 e. The molecule has 0 aromatic heterocycles.